The van der Waals surface area contributed by atoms with Crippen molar-refractivity contribution in [1.82, 2.24) is 15.1 Å². The fraction of sp³-hybridized carbons (Fsp3) is 0.500. The summed E-state index contributed by atoms with van der Waals surface area (Å²) < 4.78 is 10.7. The van der Waals surface area contributed by atoms with E-state index in [2.05, 4.69) is 47.1 Å². The van der Waals surface area contributed by atoms with Crippen LogP contribution in [0.1, 0.15) is 30.0 Å². The summed E-state index contributed by atoms with van der Waals surface area (Å²) in [7, 11) is 0. The molecule has 26 heavy (non-hydrogen) atoms. The number of morpholine rings is 1. The van der Waals surface area contributed by atoms with E-state index in [0.29, 0.717) is 26.2 Å². The molecule has 0 unspecified atom stereocenters. The summed E-state index contributed by atoms with van der Waals surface area (Å²) in [6.45, 7) is 9.21. The lowest BCUT2D eigenvalue weighted by atomic mass is 10.0. The largest absolute Gasteiger partial charge is 0.466 e. The highest BCUT2D eigenvalue weighted by atomic mass is 16.5. The minimum Gasteiger partial charge on any atom is -0.466 e. The normalized spacial score (nSPS) is 18.0. The molecule has 0 radical (unpaired) electrons. The molecule has 2 aromatic rings. The lowest BCUT2D eigenvalue weighted by Gasteiger charge is -2.35. The third-order valence-corrected chi connectivity index (χ3v) is 4.94. The number of aryl methyl sites for hydroxylation is 2. The topological polar surface area (TPSA) is 67.5 Å². The number of benzene rings is 1. The van der Waals surface area contributed by atoms with Crippen molar-refractivity contribution in [3.8, 4) is 11.3 Å². The molecule has 1 N–H and O–H groups in total. The molecule has 3 rings (SSSR count). The Hall–Kier alpha value is -2.18. The Bertz CT molecular complexity index is 757. The molecule has 2 heterocycles. The summed E-state index contributed by atoms with van der Waals surface area (Å²) >= 11 is 0. The van der Waals surface area contributed by atoms with Crippen LogP contribution < -0.4 is 0 Å². The second-order valence-corrected chi connectivity index (χ2v) is 6.78. The Morgan fingerprint density at radius 1 is 1.38 bits per heavy atom. The van der Waals surface area contributed by atoms with Gasteiger partial charge in [0.15, 0.2) is 0 Å². The third-order valence-electron chi connectivity index (χ3n) is 4.94. The molecule has 1 aromatic heterocycles. The van der Waals surface area contributed by atoms with Gasteiger partial charge in [-0.3, -0.25) is 14.8 Å². The van der Waals surface area contributed by atoms with Gasteiger partial charge in [-0.25, -0.2) is 0 Å². The van der Waals surface area contributed by atoms with Crippen LogP contribution in [-0.2, 0) is 20.8 Å². The molecule has 0 amide bonds. The second kappa shape index (κ2) is 8.47. The highest BCUT2D eigenvalue weighted by Crippen LogP contribution is 2.26. The van der Waals surface area contributed by atoms with Gasteiger partial charge in [0.25, 0.3) is 0 Å². The zero-order chi connectivity index (χ0) is 18.5. The molecule has 1 aliphatic heterocycles. The van der Waals surface area contributed by atoms with Crippen molar-refractivity contribution < 1.29 is 14.3 Å². The summed E-state index contributed by atoms with van der Waals surface area (Å²) in [5.41, 5.74) is 5.83. The molecule has 6 nitrogen and oxygen atoms in total. The molecule has 0 aliphatic carbocycles. The van der Waals surface area contributed by atoms with Gasteiger partial charge in [-0.05, 0) is 38.0 Å². The van der Waals surface area contributed by atoms with Crippen LogP contribution in [0, 0.1) is 13.8 Å². The molecule has 1 aliphatic rings. The maximum absolute atomic E-state index is 11.9. The molecule has 1 fully saturated rings. The first-order valence-corrected chi connectivity index (χ1v) is 9.15. The molecule has 0 saturated carbocycles. The first-order chi connectivity index (χ1) is 12.6. The number of hydrogen-bond donors (Lipinski definition) is 1. The van der Waals surface area contributed by atoms with Crippen molar-refractivity contribution in [1.29, 1.82) is 0 Å². The van der Waals surface area contributed by atoms with Gasteiger partial charge < -0.3 is 9.47 Å². The number of aromatic amines is 1. The van der Waals surface area contributed by atoms with Gasteiger partial charge in [0.1, 0.15) is 0 Å². The smallest absolute Gasteiger partial charge is 0.307 e. The van der Waals surface area contributed by atoms with Crippen molar-refractivity contribution in [2.45, 2.75) is 39.8 Å². The van der Waals surface area contributed by atoms with Crippen LogP contribution in [0.2, 0.25) is 0 Å². The number of esters is 1. The van der Waals surface area contributed by atoms with Crippen LogP contribution in [0.4, 0.5) is 0 Å². The van der Waals surface area contributed by atoms with Crippen LogP contribution in [0.5, 0.6) is 0 Å². The molecule has 1 atom stereocenters. The molecule has 0 bridgehead atoms. The Balaban J connectivity index is 1.76. The van der Waals surface area contributed by atoms with Crippen LogP contribution in [0.25, 0.3) is 11.3 Å². The molecule has 1 aromatic carbocycles. The predicted molar refractivity (Wildman–Crippen MR) is 99.8 cm³/mol. The van der Waals surface area contributed by atoms with Crippen LogP contribution in [-0.4, -0.2) is 53.5 Å². The number of nitrogens with zero attached hydrogens (tertiary/aromatic N) is 2. The van der Waals surface area contributed by atoms with E-state index in [1.807, 2.05) is 13.1 Å². The highest BCUT2D eigenvalue weighted by Gasteiger charge is 2.27. The third kappa shape index (κ3) is 4.31. The van der Waals surface area contributed by atoms with E-state index in [4.69, 9.17) is 9.47 Å². The number of H-pyrrole nitrogens is 1. The van der Waals surface area contributed by atoms with Crippen molar-refractivity contribution >= 4 is 5.97 Å². The van der Waals surface area contributed by atoms with E-state index < -0.39 is 0 Å². The van der Waals surface area contributed by atoms with Crippen molar-refractivity contribution in [2.75, 3.05) is 26.4 Å². The lowest BCUT2D eigenvalue weighted by molar-refractivity contribution is -0.146. The zero-order valence-corrected chi connectivity index (χ0v) is 15.7. The van der Waals surface area contributed by atoms with E-state index in [1.165, 1.54) is 11.1 Å². The number of rotatable bonds is 6. The van der Waals surface area contributed by atoms with Gasteiger partial charge in [-0.1, -0.05) is 12.1 Å². The minimum absolute atomic E-state index is 0.0327. The first-order valence-electron chi connectivity index (χ1n) is 9.15. The van der Waals surface area contributed by atoms with Crippen LogP contribution in [0.15, 0.2) is 24.4 Å². The Morgan fingerprint density at radius 2 is 2.23 bits per heavy atom. The van der Waals surface area contributed by atoms with Gasteiger partial charge in [0.05, 0.1) is 38.1 Å². The van der Waals surface area contributed by atoms with E-state index in [1.54, 1.807) is 0 Å². The standard InChI is InChI=1S/C20H27N3O3/c1-4-26-19(24)10-18-13-25-8-7-23(18)12-17-11-21-22-20(17)16-6-5-14(2)15(3)9-16/h5-6,9,11,18H,4,7-8,10,12-13H2,1-3H3,(H,21,22)/t18-/m1/s1. The molecule has 140 valence electrons. The Morgan fingerprint density at radius 3 is 3.00 bits per heavy atom. The predicted octanol–water partition coefficient (Wildman–Crippen LogP) is 2.85. The quantitative estimate of drug-likeness (QED) is 0.805. The van der Waals surface area contributed by atoms with Gasteiger partial charge >= 0.3 is 5.97 Å². The first kappa shape index (κ1) is 18.6. The average Bonchev–Trinajstić information content (AvgIpc) is 3.07. The number of ether oxygens (including phenoxy) is 2. The zero-order valence-electron chi connectivity index (χ0n) is 15.7. The van der Waals surface area contributed by atoms with Gasteiger partial charge in [-0.15, -0.1) is 0 Å². The van der Waals surface area contributed by atoms with E-state index in [0.717, 1.165) is 29.9 Å². The molecular weight excluding hydrogens is 330 g/mol. The van der Waals surface area contributed by atoms with E-state index in [9.17, 15) is 4.79 Å². The molecule has 6 heteroatoms. The molecule has 1 saturated heterocycles. The molecular formula is C20H27N3O3. The number of nitrogens with one attached hydrogen (secondary N) is 1. The van der Waals surface area contributed by atoms with E-state index in [-0.39, 0.29) is 12.0 Å². The fourth-order valence-corrected chi connectivity index (χ4v) is 3.29. The average molecular weight is 357 g/mol. The molecule has 0 spiro atoms. The van der Waals surface area contributed by atoms with Crippen LogP contribution in [0.3, 0.4) is 0 Å². The maximum atomic E-state index is 11.9. The number of aromatic nitrogens is 2. The summed E-state index contributed by atoms with van der Waals surface area (Å²) in [5, 5.41) is 7.39. The minimum atomic E-state index is -0.172. The number of hydrogen-bond acceptors (Lipinski definition) is 5. The highest BCUT2D eigenvalue weighted by molar-refractivity contribution is 5.70. The van der Waals surface area contributed by atoms with Gasteiger partial charge in [0.2, 0.25) is 0 Å². The summed E-state index contributed by atoms with van der Waals surface area (Å²) in [5.74, 6) is -0.172. The second-order valence-electron chi connectivity index (χ2n) is 6.78. The Kier molecular flexibility index (Phi) is 6.06. The summed E-state index contributed by atoms with van der Waals surface area (Å²) in [6.07, 6.45) is 2.23. The number of carbonyl (C=O) groups is 1. The maximum Gasteiger partial charge on any atom is 0.307 e. The van der Waals surface area contributed by atoms with Gasteiger partial charge in [0, 0.05) is 30.3 Å². The monoisotopic (exact) mass is 357 g/mol. The summed E-state index contributed by atoms with van der Waals surface area (Å²) in [6, 6.07) is 6.47. The fourth-order valence-electron chi connectivity index (χ4n) is 3.29. The van der Waals surface area contributed by atoms with Gasteiger partial charge in [-0.2, -0.15) is 5.10 Å². The Labute approximate surface area is 154 Å². The van der Waals surface area contributed by atoms with Crippen molar-refractivity contribution in [3.05, 3.63) is 41.1 Å². The van der Waals surface area contributed by atoms with Crippen molar-refractivity contribution in [3.63, 3.8) is 0 Å². The van der Waals surface area contributed by atoms with E-state index >= 15 is 0 Å². The number of carbonyl (C=O) groups excluding carboxylic acids is 1. The van der Waals surface area contributed by atoms with Crippen molar-refractivity contribution in [2.24, 2.45) is 0 Å². The lowest BCUT2D eigenvalue weighted by Crippen LogP contribution is -2.46. The summed E-state index contributed by atoms with van der Waals surface area (Å²) in [4.78, 5) is 14.2. The SMILES string of the molecule is CCOC(=O)C[C@@H]1COCCN1Cc1cn[nH]c1-c1ccc(C)c(C)c1. The van der Waals surface area contributed by atoms with Crippen LogP contribution >= 0.6 is 0 Å².